The van der Waals surface area contributed by atoms with Gasteiger partial charge in [0.1, 0.15) is 17.6 Å². The number of benzene rings is 1. The van der Waals surface area contributed by atoms with Gasteiger partial charge in [0.05, 0.1) is 11.5 Å². The Morgan fingerprint density at radius 3 is 3.00 bits per heavy atom. The van der Waals surface area contributed by atoms with E-state index in [2.05, 4.69) is 24.4 Å². The first-order valence-corrected chi connectivity index (χ1v) is 9.80. The zero-order chi connectivity index (χ0) is 17.4. The van der Waals surface area contributed by atoms with Gasteiger partial charge >= 0.3 is 0 Å². The van der Waals surface area contributed by atoms with Crippen LogP contribution in [0.1, 0.15) is 51.5 Å². The molecule has 132 valence electrons. The van der Waals surface area contributed by atoms with Crippen molar-refractivity contribution in [2.45, 2.75) is 52.2 Å². The van der Waals surface area contributed by atoms with Crippen LogP contribution < -0.4 is 14.8 Å². The number of hydrogen-bond donors (Lipinski definition) is 1. The van der Waals surface area contributed by atoms with E-state index in [1.54, 1.807) is 11.3 Å². The van der Waals surface area contributed by atoms with Crippen molar-refractivity contribution in [2.24, 2.45) is 0 Å². The molecule has 1 aliphatic heterocycles. The summed E-state index contributed by atoms with van der Waals surface area (Å²) in [7, 11) is 0. The van der Waals surface area contributed by atoms with Gasteiger partial charge < -0.3 is 14.8 Å². The van der Waals surface area contributed by atoms with E-state index < -0.39 is 0 Å². The number of amides is 1. The second-order valence-electron chi connectivity index (χ2n) is 6.73. The van der Waals surface area contributed by atoms with E-state index in [0.29, 0.717) is 13.2 Å². The molecule has 1 amide bonds. The summed E-state index contributed by atoms with van der Waals surface area (Å²) in [4.78, 5) is 14.7. The maximum Gasteiger partial charge on any atom is 0.261 e. The molecular formula is C20H23NO3S. The van der Waals surface area contributed by atoms with Gasteiger partial charge in [0.25, 0.3) is 5.91 Å². The molecule has 2 heterocycles. The van der Waals surface area contributed by atoms with Crippen LogP contribution in [0.4, 0.5) is 0 Å². The van der Waals surface area contributed by atoms with E-state index in [9.17, 15) is 4.79 Å². The fraction of sp³-hybridized carbons (Fsp3) is 0.450. The second kappa shape index (κ2) is 6.71. The number of aryl methyl sites for hydroxylation is 2. The van der Waals surface area contributed by atoms with Crippen molar-refractivity contribution in [3.05, 3.63) is 44.6 Å². The van der Waals surface area contributed by atoms with Crippen molar-refractivity contribution in [2.75, 3.05) is 6.61 Å². The van der Waals surface area contributed by atoms with Crippen molar-refractivity contribution in [3.8, 4) is 11.5 Å². The molecular weight excluding hydrogens is 334 g/mol. The summed E-state index contributed by atoms with van der Waals surface area (Å²) in [5.41, 5.74) is 3.50. The van der Waals surface area contributed by atoms with E-state index in [-0.39, 0.29) is 12.0 Å². The van der Waals surface area contributed by atoms with E-state index >= 15 is 0 Å². The highest BCUT2D eigenvalue weighted by Crippen LogP contribution is 2.35. The maximum atomic E-state index is 12.5. The lowest BCUT2D eigenvalue weighted by Gasteiger charge is -2.13. The van der Waals surface area contributed by atoms with E-state index in [1.807, 2.05) is 13.0 Å². The molecule has 0 saturated carbocycles. The summed E-state index contributed by atoms with van der Waals surface area (Å²) in [6, 6.07) is 6.13. The Kier molecular flexibility index (Phi) is 4.42. The summed E-state index contributed by atoms with van der Waals surface area (Å²) >= 11 is 1.63. The average Bonchev–Trinajstić information content (AvgIpc) is 3.25. The normalized spacial score (nSPS) is 17.8. The van der Waals surface area contributed by atoms with Crippen LogP contribution in [0.25, 0.3) is 0 Å². The van der Waals surface area contributed by atoms with Gasteiger partial charge in [0.2, 0.25) is 0 Å². The molecule has 4 rings (SSSR count). The molecule has 4 nitrogen and oxygen atoms in total. The van der Waals surface area contributed by atoms with E-state index in [1.165, 1.54) is 22.4 Å². The molecule has 0 saturated heterocycles. The third-order valence-corrected chi connectivity index (χ3v) is 6.02. The van der Waals surface area contributed by atoms with Crippen molar-refractivity contribution >= 4 is 17.2 Å². The van der Waals surface area contributed by atoms with Crippen LogP contribution in [0.5, 0.6) is 11.5 Å². The van der Waals surface area contributed by atoms with Gasteiger partial charge in [0, 0.05) is 29.0 Å². The molecule has 0 spiro atoms. The minimum absolute atomic E-state index is 0.00312. The first-order chi connectivity index (χ1) is 12.1. The highest BCUT2D eigenvalue weighted by atomic mass is 32.1. The SMILES string of the molecule is CCOc1cc2c(cc1CNC(=O)c1cc3c(s1)CCC3)O[C@@H](C)C2. The molecule has 1 atom stereocenters. The Morgan fingerprint density at radius 1 is 1.32 bits per heavy atom. The fourth-order valence-electron chi connectivity index (χ4n) is 3.61. The lowest BCUT2D eigenvalue weighted by Crippen LogP contribution is -2.22. The lowest BCUT2D eigenvalue weighted by atomic mass is 10.1. The maximum absolute atomic E-state index is 12.5. The van der Waals surface area contributed by atoms with Gasteiger partial charge in [-0.15, -0.1) is 11.3 Å². The number of nitrogens with one attached hydrogen (secondary N) is 1. The Labute approximate surface area is 152 Å². The number of fused-ring (bicyclic) bond motifs is 2. The highest BCUT2D eigenvalue weighted by molar-refractivity contribution is 7.14. The molecule has 5 heteroatoms. The van der Waals surface area contributed by atoms with Gasteiger partial charge in [-0.05, 0) is 56.9 Å². The Morgan fingerprint density at radius 2 is 2.20 bits per heavy atom. The molecule has 2 aliphatic rings. The molecule has 25 heavy (non-hydrogen) atoms. The molecule has 1 aromatic carbocycles. The molecule has 1 aliphatic carbocycles. The van der Waals surface area contributed by atoms with Gasteiger partial charge in [-0.25, -0.2) is 0 Å². The van der Waals surface area contributed by atoms with Crippen LogP contribution in [-0.2, 0) is 25.8 Å². The first kappa shape index (κ1) is 16.5. The lowest BCUT2D eigenvalue weighted by molar-refractivity contribution is 0.0954. The van der Waals surface area contributed by atoms with E-state index in [0.717, 1.165) is 41.2 Å². The monoisotopic (exact) mass is 357 g/mol. The molecule has 0 unspecified atom stereocenters. The smallest absolute Gasteiger partial charge is 0.261 e. The Bertz CT molecular complexity index is 790. The van der Waals surface area contributed by atoms with Crippen molar-refractivity contribution in [3.63, 3.8) is 0 Å². The largest absolute Gasteiger partial charge is 0.494 e. The third-order valence-electron chi connectivity index (χ3n) is 4.79. The molecule has 2 aromatic rings. The summed E-state index contributed by atoms with van der Waals surface area (Å²) < 4.78 is 11.6. The predicted octanol–water partition coefficient (Wildman–Crippen LogP) is 3.89. The number of hydrogen-bond acceptors (Lipinski definition) is 4. The zero-order valence-electron chi connectivity index (χ0n) is 14.7. The number of rotatable bonds is 5. The molecule has 1 N–H and O–H groups in total. The molecule has 0 radical (unpaired) electrons. The fourth-order valence-corrected chi connectivity index (χ4v) is 4.78. The van der Waals surface area contributed by atoms with Crippen molar-refractivity contribution in [1.29, 1.82) is 0 Å². The highest BCUT2D eigenvalue weighted by Gasteiger charge is 2.23. The summed E-state index contributed by atoms with van der Waals surface area (Å²) in [5.74, 6) is 1.75. The van der Waals surface area contributed by atoms with Crippen LogP contribution in [0.3, 0.4) is 0 Å². The first-order valence-electron chi connectivity index (χ1n) is 8.99. The topological polar surface area (TPSA) is 47.6 Å². The van der Waals surface area contributed by atoms with Crippen molar-refractivity contribution in [1.82, 2.24) is 5.32 Å². The average molecular weight is 357 g/mol. The number of carbonyl (C=O) groups excluding carboxylic acids is 1. The summed E-state index contributed by atoms with van der Waals surface area (Å²) in [6.07, 6.45) is 4.54. The van der Waals surface area contributed by atoms with Crippen LogP contribution >= 0.6 is 11.3 Å². The minimum atomic E-state index is -0.00312. The Balaban J connectivity index is 1.49. The molecule has 0 fully saturated rings. The van der Waals surface area contributed by atoms with Crippen LogP contribution in [0.15, 0.2) is 18.2 Å². The predicted molar refractivity (Wildman–Crippen MR) is 98.9 cm³/mol. The second-order valence-corrected chi connectivity index (χ2v) is 7.87. The summed E-state index contributed by atoms with van der Waals surface area (Å²) in [6.45, 7) is 5.09. The van der Waals surface area contributed by atoms with E-state index in [4.69, 9.17) is 9.47 Å². The van der Waals surface area contributed by atoms with Crippen LogP contribution in [0, 0.1) is 0 Å². The standard InChI is InChI=1S/C20H23NO3S/c1-3-23-16-8-14-7-12(2)24-17(14)9-15(16)11-21-20(22)19-10-13-5-4-6-18(13)25-19/h8-10,12H,3-7,11H2,1-2H3,(H,21,22)/t12-/m0/s1. The quantitative estimate of drug-likeness (QED) is 0.883. The number of thiophene rings is 1. The van der Waals surface area contributed by atoms with Crippen LogP contribution in [0.2, 0.25) is 0 Å². The molecule has 0 bridgehead atoms. The number of ether oxygens (including phenoxy) is 2. The van der Waals surface area contributed by atoms with Crippen LogP contribution in [-0.4, -0.2) is 18.6 Å². The van der Waals surface area contributed by atoms with Gasteiger partial charge in [0.15, 0.2) is 0 Å². The van der Waals surface area contributed by atoms with Gasteiger partial charge in [-0.1, -0.05) is 0 Å². The minimum Gasteiger partial charge on any atom is -0.494 e. The van der Waals surface area contributed by atoms with Crippen molar-refractivity contribution < 1.29 is 14.3 Å². The van der Waals surface area contributed by atoms with Gasteiger partial charge in [-0.3, -0.25) is 4.79 Å². The zero-order valence-corrected chi connectivity index (χ0v) is 15.5. The molecule has 1 aromatic heterocycles. The Hall–Kier alpha value is -2.01. The van der Waals surface area contributed by atoms with Gasteiger partial charge in [-0.2, -0.15) is 0 Å². The number of carbonyl (C=O) groups is 1. The third kappa shape index (κ3) is 3.25. The summed E-state index contributed by atoms with van der Waals surface area (Å²) in [5, 5.41) is 3.04.